The summed E-state index contributed by atoms with van der Waals surface area (Å²) in [5, 5.41) is 9.26. The van der Waals surface area contributed by atoms with Crippen LogP contribution in [0, 0.1) is 6.92 Å². The van der Waals surface area contributed by atoms with Gasteiger partial charge in [-0.2, -0.15) is 0 Å². The summed E-state index contributed by atoms with van der Waals surface area (Å²) >= 11 is 3.40. The lowest BCUT2D eigenvalue weighted by Crippen LogP contribution is -2.20. The summed E-state index contributed by atoms with van der Waals surface area (Å²) in [7, 11) is 4.01. The number of aliphatic hydroxyl groups is 1. The predicted molar refractivity (Wildman–Crippen MR) is 68.9 cm³/mol. The second kappa shape index (κ2) is 6.23. The maximum Gasteiger partial charge on any atom is 0.127 e. The number of aryl methyl sites for hydroxylation is 1. The Hall–Kier alpha value is -0.580. The molecular formula is C12H18BrNO2. The van der Waals surface area contributed by atoms with Crippen molar-refractivity contribution in [3.05, 3.63) is 27.7 Å². The van der Waals surface area contributed by atoms with Gasteiger partial charge in [0.1, 0.15) is 12.4 Å². The third-order valence-electron chi connectivity index (χ3n) is 2.27. The lowest BCUT2D eigenvalue weighted by Gasteiger charge is -2.15. The van der Waals surface area contributed by atoms with Gasteiger partial charge in [0, 0.05) is 16.6 Å². The van der Waals surface area contributed by atoms with Crippen LogP contribution in [0.5, 0.6) is 5.75 Å². The Bertz CT molecular complexity index is 353. The fraction of sp³-hybridized carbons (Fsp3) is 0.500. The Morgan fingerprint density at radius 2 is 2.06 bits per heavy atom. The van der Waals surface area contributed by atoms with E-state index in [9.17, 15) is 5.11 Å². The second-order valence-corrected chi connectivity index (χ2v) is 4.94. The average Bonchev–Trinajstić information content (AvgIpc) is 2.20. The summed E-state index contributed by atoms with van der Waals surface area (Å²) in [6.45, 7) is 3.47. The molecule has 0 fully saturated rings. The van der Waals surface area contributed by atoms with Crippen molar-refractivity contribution in [3.63, 3.8) is 0 Å². The molecule has 0 bridgehead atoms. The van der Waals surface area contributed by atoms with Crippen LogP contribution < -0.4 is 4.74 Å². The van der Waals surface area contributed by atoms with Crippen LogP contribution in [-0.4, -0.2) is 37.3 Å². The molecule has 0 saturated heterocycles. The van der Waals surface area contributed by atoms with Gasteiger partial charge >= 0.3 is 0 Å². The van der Waals surface area contributed by atoms with Crippen molar-refractivity contribution in [2.75, 3.05) is 27.2 Å². The van der Waals surface area contributed by atoms with E-state index in [1.807, 2.05) is 33.2 Å². The SMILES string of the molecule is Cc1cc(Br)cc(CO)c1OCCN(C)C. The standard InChI is InChI=1S/C12H18BrNO2/c1-9-6-11(13)7-10(8-15)12(9)16-5-4-14(2)3/h6-7,15H,4-5,8H2,1-3H3. The minimum Gasteiger partial charge on any atom is -0.492 e. The maximum atomic E-state index is 9.26. The maximum absolute atomic E-state index is 9.26. The van der Waals surface area contributed by atoms with Crippen LogP contribution in [0.3, 0.4) is 0 Å². The molecule has 0 aliphatic heterocycles. The van der Waals surface area contributed by atoms with Crippen molar-refractivity contribution in [1.82, 2.24) is 4.90 Å². The van der Waals surface area contributed by atoms with Gasteiger partial charge in [0.05, 0.1) is 6.61 Å². The van der Waals surface area contributed by atoms with Crippen LogP contribution in [0.25, 0.3) is 0 Å². The first-order valence-electron chi connectivity index (χ1n) is 5.22. The zero-order valence-corrected chi connectivity index (χ0v) is 11.5. The number of likely N-dealkylation sites (N-methyl/N-ethyl adjacent to an activating group) is 1. The molecule has 1 aromatic carbocycles. The molecule has 0 aliphatic rings. The van der Waals surface area contributed by atoms with Crippen molar-refractivity contribution in [2.24, 2.45) is 0 Å². The van der Waals surface area contributed by atoms with Gasteiger partial charge in [-0.15, -0.1) is 0 Å². The van der Waals surface area contributed by atoms with E-state index in [1.54, 1.807) is 0 Å². The van der Waals surface area contributed by atoms with E-state index in [-0.39, 0.29) is 6.61 Å². The fourth-order valence-electron chi connectivity index (χ4n) is 1.45. The van der Waals surface area contributed by atoms with Crippen LogP contribution in [0.2, 0.25) is 0 Å². The average molecular weight is 288 g/mol. The molecule has 4 heteroatoms. The molecule has 3 nitrogen and oxygen atoms in total. The fourth-order valence-corrected chi connectivity index (χ4v) is 2.07. The van der Waals surface area contributed by atoms with Gasteiger partial charge in [0.15, 0.2) is 0 Å². The Morgan fingerprint density at radius 1 is 1.38 bits per heavy atom. The van der Waals surface area contributed by atoms with Gasteiger partial charge in [-0.3, -0.25) is 0 Å². The number of halogens is 1. The highest BCUT2D eigenvalue weighted by Crippen LogP contribution is 2.28. The topological polar surface area (TPSA) is 32.7 Å². The van der Waals surface area contributed by atoms with Gasteiger partial charge in [-0.25, -0.2) is 0 Å². The zero-order chi connectivity index (χ0) is 12.1. The number of ether oxygens (including phenoxy) is 1. The minimum absolute atomic E-state index is 0.00240. The van der Waals surface area contributed by atoms with E-state index in [4.69, 9.17) is 4.74 Å². The van der Waals surface area contributed by atoms with Crippen molar-refractivity contribution in [3.8, 4) is 5.75 Å². The van der Waals surface area contributed by atoms with Gasteiger partial charge in [0.2, 0.25) is 0 Å². The largest absolute Gasteiger partial charge is 0.492 e. The Labute approximate surface area is 105 Å². The molecule has 1 aromatic rings. The third kappa shape index (κ3) is 3.77. The molecule has 0 amide bonds. The van der Waals surface area contributed by atoms with E-state index in [2.05, 4.69) is 20.8 Å². The first-order valence-corrected chi connectivity index (χ1v) is 6.01. The third-order valence-corrected chi connectivity index (χ3v) is 2.73. The lowest BCUT2D eigenvalue weighted by molar-refractivity contribution is 0.241. The van der Waals surface area contributed by atoms with Crippen molar-refractivity contribution >= 4 is 15.9 Å². The van der Waals surface area contributed by atoms with Crippen LogP contribution in [0.15, 0.2) is 16.6 Å². The highest BCUT2D eigenvalue weighted by molar-refractivity contribution is 9.10. The smallest absolute Gasteiger partial charge is 0.127 e. The highest BCUT2D eigenvalue weighted by Gasteiger charge is 2.08. The van der Waals surface area contributed by atoms with E-state index in [0.717, 1.165) is 27.9 Å². The molecule has 0 heterocycles. The van der Waals surface area contributed by atoms with Crippen LogP contribution >= 0.6 is 15.9 Å². The summed E-state index contributed by atoms with van der Waals surface area (Å²) in [6, 6.07) is 3.88. The number of rotatable bonds is 5. The normalized spacial score (nSPS) is 10.9. The summed E-state index contributed by atoms with van der Waals surface area (Å²) in [5.74, 6) is 0.799. The van der Waals surface area contributed by atoms with Crippen molar-refractivity contribution in [2.45, 2.75) is 13.5 Å². The first-order chi connectivity index (χ1) is 7.54. The Kier molecular flexibility index (Phi) is 5.25. The van der Waals surface area contributed by atoms with E-state index in [0.29, 0.717) is 6.61 Å². The molecule has 1 N–H and O–H groups in total. The molecular weight excluding hydrogens is 270 g/mol. The van der Waals surface area contributed by atoms with Crippen LogP contribution in [-0.2, 0) is 6.61 Å². The number of nitrogens with zero attached hydrogens (tertiary/aromatic N) is 1. The van der Waals surface area contributed by atoms with Gasteiger partial charge < -0.3 is 14.7 Å². The molecule has 0 aromatic heterocycles. The molecule has 90 valence electrons. The van der Waals surface area contributed by atoms with E-state index >= 15 is 0 Å². The molecule has 0 radical (unpaired) electrons. The second-order valence-electron chi connectivity index (χ2n) is 4.02. The van der Waals surface area contributed by atoms with Gasteiger partial charge in [0.25, 0.3) is 0 Å². The monoisotopic (exact) mass is 287 g/mol. The molecule has 0 aliphatic carbocycles. The molecule has 16 heavy (non-hydrogen) atoms. The van der Waals surface area contributed by atoms with Crippen LogP contribution in [0.1, 0.15) is 11.1 Å². The molecule has 0 saturated carbocycles. The summed E-state index contributed by atoms with van der Waals surface area (Å²) in [5.41, 5.74) is 1.86. The molecule has 0 unspecified atom stereocenters. The molecule has 0 atom stereocenters. The first kappa shape index (κ1) is 13.5. The summed E-state index contributed by atoms with van der Waals surface area (Å²) in [4.78, 5) is 2.06. The Morgan fingerprint density at radius 3 is 2.62 bits per heavy atom. The Balaban J connectivity index is 2.77. The number of benzene rings is 1. The van der Waals surface area contributed by atoms with E-state index in [1.165, 1.54) is 0 Å². The highest BCUT2D eigenvalue weighted by atomic mass is 79.9. The summed E-state index contributed by atoms with van der Waals surface area (Å²) in [6.07, 6.45) is 0. The van der Waals surface area contributed by atoms with Crippen LogP contribution in [0.4, 0.5) is 0 Å². The van der Waals surface area contributed by atoms with E-state index < -0.39 is 0 Å². The van der Waals surface area contributed by atoms with Crippen molar-refractivity contribution in [1.29, 1.82) is 0 Å². The quantitative estimate of drug-likeness (QED) is 0.901. The molecule has 0 spiro atoms. The zero-order valence-electron chi connectivity index (χ0n) is 9.96. The minimum atomic E-state index is -0.00240. The predicted octanol–water partition coefficient (Wildman–Crippen LogP) is 2.19. The number of hydrogen-bond donors (Lipinski definition) is 1. The van der Waals surface area contributed by atoms with Gasteiger partial charge in [-0.1, -0.05) is 15.9 Å². The number of hydrogen-bond acceptors (Lipinski definition) is 3. The van der Waals surface area contributed by atoms with Gasteiger partial charge in [-0.05, 0) is 38.7 Å². The molecule has 1 rings (SSSR count). The van der Waals surface area contributed by atoms with Crippen molar-refractivity contribution < 1.29 is 9.84 Å². The summed E-state index contributed by atoms with van der Waals surface area (Å²) < 4.78 is 6.67. The lowest BCUT2D eigenvalue weighted by atomic mass is 10.1. The number of aliphatic hydroxyl groups excluding tert-OH is 1.